The number of esters is 1. The lowest BCUT2D eigenvalue weighted by atomic mass is 9.68. The first-order valence-corrected chi connectivity index (χ1v) is 11.4. The van der Waals surface area contributed by atoms with Crippen LogP contribution >= 0.6 is 0 Å². The molecule has 0 bridgehead atoms. The van der Waals surface area contributed by atoms with E-state index in [4.69, 9.17) is 0 Å². The second-order valence-electron chi connectivity index (χ2n) is 9.34. The van der Waals surface area contributed by atoms with E-state index >= 15 is 0 Å². The monoisotopic (exact) mass is 480 g/mol. The highest BCUT2D eigenvalue weighted by Gasteiger charge is 2.75. The second kappa shape index (κ2) is 10.9. The minimum atomic E-state index is -6.36. The molecule has 0 aromatic heterocycles. The lowest BCUT2D eigenvalue weighted by Crippen LogP contribution is -2.59. The topological polar surface area (TPSA) is 26.3 Å². The van der Waals surface area contributed by atoms with Gasteiger partial charge in [-0.3, -0.25) is 4.79 Å². The van der Waals surface area contributed by atoms with E-state index in [0.717, 1.165) is 18.8 Å². The smallest absolute Gasteiger partial charge is 0.381 e. The second-order valence-corrected chi connectivity index (χ2v) is 9.34. The van der Waals surface area contributed by atoms with Crippen LogP contribution in [0.4, 0.5) is 35.1 Å². The maximum Gasteiger partial charge on any atom is 0.381 e. The number of carbonyl (C=O) groups is 1. The number of unbranched alkanes of at least 4 members (excludes halogenated alkanes) is 1. The molecule has 2 rings (SSSR count). The number of carbonyl (C=O) groups excluding carboxylic acids is 1. The first-order chi connectivity index (χ1) is 14.8. The predicted molar refractivity (Wildman–Crippen MR) is 102 cm³/mol. The lowest BCUT2D eigenvalue weighted by molar-refractivity contribution is -0.344. The van der Waals surface area contributed by atoms with Gasteiger partial charge in [-0.15, -0.1) is 0 Å². The Kier molecular flexibility index (Phi) is 9.24. The standard InChI is InChI=1S/C22H32F8O2/c1-2-3-4-14-5-7-15(8-6-14)16-9-11-17(12-10-16)18(31)32-13-20(25,26)22(29,30)21(27,28)19(23)24/h14-17,19H,2-13H2,1H3/t14-,15-,16-,17-. The Labute approximate surface area is 183 Å². The van der Waals surface area contributed by atoms with Gasteiger partial charge in [0.05, 0.1) is 5.92 Å². The zero-order valence-electron chi connectivity index (χ0n) is 18.2. The van der Waals surface area contributed by atoms with Crippen LogP contribution in [0.25, 0.3) is 0 Å². The van der Waals surface area contributed by atoms with Crippen LogP contribution in [0.1, 0.15) is 77.6 Å². The summed E-state index contributed by atoms with van der Waals surface area (Å²) in [6.45, 7) is -0.205. The van der Waals surface area contributed by atoms with Crippen molar-refractivity contribution >= 4 is 5.97 Å². The largest absolute Gasteiger partial charge is 0.459 e. The third-order valence-electron chi connectivity index (χ3n) is 7.18. The Morgan fingerprint density at radius 1 is 0.875 bits per heavy atom. The SMILES string of the molecule is CCCC[C@H]1CC[C@H]([C@H]2CC[C@H](C(=O)OCC(F)(F)C(F)(F)C(F)(F)C(F)F)CC2)CC1. The third-order valence-corrected chi connectivity index (χ3v) is 7.18. The summed E-state index contributed by atoms with van der Waals surface area (Å²) >= 11 is 0. The molecule has 0 aromatic rings. The van der Waals surface area contributed by atoms with Crippen molar-refractivity contribution in [3.8, 4) is 0 Å². The first-order valence-electron chi connectivity index (χ1n) is 11.4. The van der Waals surface area contributed by atoms with E-state index in [1.807, 2.05) is 0 Å². The normalized spacial score (nSPS) is 28.1. The predicted octanol–water partition coefficient (Wildman–Crippen LogP) is 7.50. The molecule has 2 fully saturated rings. The molecule has 0 heterocycles. The fourth-order valence-corrected chi connectivity index (χ4v) is 5.02. The molecule has 0 unspecified atom stereocenters. The van der Waals surface area contributed by atoms with Crippen molar-refractivity contribution in [1.82, 2.24) is 0 Å². The average Bonchev–Trinajstić information content (AvgIpc) is 2.76. The minimum absolute atomic E-state index is 0.342. The minimum Gasteiger partial charge on any atom is -0.459 e. The summed E-state index contributed by atoms with van der Waals surface area (Å²) in [5, 5.41) is 0. The Bertz CT molecular complexity index is 595. The molecule has 0 saturated heterocycles. The van der Waals surface area contributed by atoms with Crippen molar-refractivity contribution in [3.05, 3.63) is 0 Å². The van der Waals surface area contributed by atoms with Crippen LogP contribution in [-0.2, 0) is 9.53 Å². The van der Waals surface area contributed by atoms with Gasteiger partial charge >= 0.3 is 30.2 Å². The van der Waals surface area contributed by atoms with Gasteiger partial charge in [-0.2, -0.15) is 26.3 Å². The number of hydrogen-bond acceptors (Lipinski definition) is 2. The molecule has 0 spiro atoms. The summed E-state index contributed by atoms with van der Waals surface area (Å²) < 4.78 is 108. The molecule has 10 heteroatoms. The average molecular weight is 480 g/mol. The zero-order chi connectivity index (χ0) is 24.2. The fraction of sp³-hybridized carbons (Fsp3) is 0.955. The summed E-state index contributed by atoms with van der Waals surface area (Å²) in [4.78, 5) is 12.0. The Morgan fingerprint density at radius 3 is 1.84 bits per heavy atom. The molecule has 2 nitrogen and oxygen atoms in total. The molecule has 188 valence electrons. The molecule has 0 amide bonds. The molecule has 0 radical (unpaired) electrons. The molecule has 0 aromatic carbocycles. The highest BCUT2D eigenvalue weighted by atomic mass is 19.4. The van der Waals surface area contributed by atoms with E-state index in [1.54, 1.807) is 0 Å². The van der Waals surface area contributed by atoms with Crippen LogP contribution < -0.4 is 0 Å². The number of alkyl halides is 8. The van der Waals surface area contributed by atoms with E-state index in [1.165, 1.54) is 32.1 Å². The van der Waals surface area contributed by atoms with Crippen LogP contribution in [-0.4, -0.2) is 36.8 Å². The molecule has 2 aliphatic rings. The molecular formula is C22H32F8O2. The Hall–Kier alpha value is -1.09. The van der Waals surface area contributed by atoms with Gasteiger partial charge in [0.2, 0.25) is 0 Å². The van der Waals surface area contributed by atoms with Crippen LogP contribution in [0, 0.1) is 23.7 Å². The van der Waals surface area contributed by atoms with Gasteiger partial charge in [-0.1, -0.05) is 39.0 Å². The summed E-state index contributed by atoms with van der Waals surface area (Å²) in [6, 6.07) is 0. The number of hydrogen-bond donors (Lipinski definition) is 0. The quantitative estimate of drug-likeness (QED) is 0.239. The van der Waals surface area contributed by atoms with Crippen molar-refractivity contribution in [2.75, 3.05) is 6.61 Å². The lowest BCUT2D eigenvalue weighted by Gasteiger charge is -2.37. The van der Waals surface area contributed by atoms with Gasteiger partial charge in [0.1, 0.15) is 0 Å². The summed E-state index contributed by atoms with van der Waals surface area (Å²) in [7, 11) is 0. The number of rotatable bonds is 10. The summed E-state index contributed by atoms with van der Waals surface area (Å²) in [5.74, 6) is -18.5. The van der Waals surface area contributed by atoms with Crippen molar-refractivity contribution in [1.29, 1.82) is 0 Å². The van der Waals surface area contributed by atoms with Gasteiger partial charge in [0, 0.05) is 0 Å². The first kappa shape index (κ1) is 27.2. The van der Waals surface area contributed by atoms with Gasteiger partial charge in [-0.05, 0) is 56.3 Å². The van der Waals surface area contributed by atoms with Crippen LogP contribution in [0.3, 0.4) is 0 Å². The van der Waals surface area contributed by atoms with Crippen molar-refractivity contribution in [3.63, 3.8) is 0 Å². The zero-order valence-corrected chi connectivity index (χ0v) is 18.2. The van der Waals surface area contributed by atoms with Crippen LogP contribution in [0.5, 0.6) is 0 Å². The Balaban J connectivity index is 1.79. The Morgan fingerprint density at radius 2 is 1.38 bits per heavy atom. The third kappa shape index (κ3) is 6.07. The van der Waals surface area contributed by atoms with Gasteiger partial charge < -0.3 is 4.74 Å². The fourth-order valence-electron chi connectivity index (χ4n) is 5.02. The maximum absolute atomic E-state index is 13.6. The molecule has 2 aliphatic carbocycles. The van der Waals surface area contributed by atoms with Crippen molar-refractivity contribution in [2.24, 2.45) is 23.7 Å². The number of ether oxygens (including phenoxy) is 1. The van der Waals surface area contributed by atoms with E-state index in [0.29, 0.717) is 37.5 Å². The molecule has 0 N–H and O–H groups in total. The molecule has 0 atom stereocenters. The molecule has 2 saturated carbocycles. The maximum atomic E-state index is 13.6. The van der Waals surface area contributed by atoms with Crippen molar-refractivity contribution < 1.29 is 44.7 Å². The van der Waals surface area contributed by atoms with E-state index < -0.39 is 42.7 Å². The van der Waals surface area contributed by atoms with E-state index in [9.17, 15) is 39.9 Å². The summed E-state index contributed by atoms with van der Waals surface area (Å²) in [5.41, 5.74) is 0. The molecule has 0 aliphatic heterocycles. The van der Waals surface area contributed by atoms with Gasteiger partial charge in [-0.25, -0.2) is 8.78 Å². The molecular weight excluding hydrogens is 448 g/mol. The highest BCUT2D eigenvalue weighted by molar-refractivity contribution is 5.72. The van der Waals surface area contributed by atoms with Gasteiger partial charge in [0.15, 0.2) is 6.61 Å². The summed E-state index contributed by atoms with van der Waals surface area (Å²) in [6.07, 6.45) is 5.31. The molecule has 32 heavy (non-hydrogen) atoms. The van der Waals surface area contributed by atoms with E-state index in [-0.39, 0.29) is 0 Å². The van der Waals surface area contributed by atoms with Gasteiger partial charge in [0.25, 0.3) is 0 Å². The van der Waals surface area contributed by atoms with Crippen LogP contribution in [0.15, 0.2) is 0 Å². The number of halogens is 8. The van der Waals surface area contributed by atoms with Crippen molar-refractivity contribution in [2.45, 2.75) is 102 Å². The highest BCUT2D eigenvalue weighted by Crippen LogP contribution is 2.49. The van der Waals surface area contributed by atoms with E-state index in [2.05, 4.69) is 11.7 Å². The van der Waals surface area contributed by atoms with Crippen LogP contribution in [0.2, 0.25) is 0 Å².